The van der Waals surface area contributed by atoms with Crippen molar-refractivity contribution < 1.29 is 8.42 Å². The van der Waals surface area contributed by atoms with Crippen LogP contribution >= 0.6 is 15.9 Å². The van der Waals surface area contributed by atoms with Gasteiger partial charge in [-0.1, -0.05) is 6.07 Å². The fourth-order valence-corrected chi connectivity index (χ4v) is 2.78. The van der Waals surface area contributed by atoms with E-state index in [2.05, 4.69) is 30.6 Å². The minimum atomic E-state index is -3.76. The number of nitrogens with zero attached hydrogens (tertiary/aromatic N) is 2. The van der Waals surface area contributed by atoms with Crippen LogP contribution in [-0.2, 0) is 16.6 Å². The van der Waals surface area contributed by atoms with Gasteiger partial charge in [-0.3, -0.25) is 4.72 Å². The van der Waals surface area contributed by atoms with Gasteiger partial charge in [-0.15, -0.1) is 0 Å². The third-order valence-electron chi connectivity index (χ3n) is 2.30. The first-order chi connectivity index (χ1) is 9.03. The Kier molecular flexibility index (Phi) is 4.13. The van der Waals surface area contributed by atoms with Gasteiger partial charge in [0, 0.05) is 18.9 Å². The normalized spacial score (nSPS) is 11.3. The lowest BCUT2D eigenvalue weighted by atomic mass is 10.3. The van der Waals surface area contributed by atoms with Crippen LogP contribution in [0, 0.1) is 0 Å². The van der Waals surface area contributed by atoms with E-state index in [-0.39, 0.29) is 10.8 Å². The average molecular weight is 343 g/mol. The van der Waals surface area contributed by atoms with Gasteiger partial charge in [0.15, 0.2) is 10.8 Å². The highest BCUT2D eigenvalue weighted by molar-refractivity contribution is 9.10. The van der Waals surface area contributed by atoms with Gasteiger partial charge in [0.2, 0.25) is 0 Å². The molecule has 0 fully saturated rings. The zero-order valence-electron chi connectivity index (χ0n) is 9.75. The largest absolute Gasteiger partial charge is 0.326 e. The zero-order chi connectivity index (χ0) is 13.9. The quantitative estimate of drug-likeness (QED) is 0.877. The minimum absolute atomic E-state index is 0.0812. The Morgan fingerprint density at radius 2 is 2.05 bits per heavy atom. The van der Waals surface area contributed by atoms with Crippen LogP contribution in [0.5, 0.6) is 0 Å². The second kappa shape index (κ2) is 5.64. The molecule has 0 aliphatic rings. The number of hydrogen-bond acceptors (Lipinski definition) is 5. The lowest BCUT2D eigenvalue weighted by molar-refractivity contribution is 0.597. The van der Waals surface area contributed by atoms with Crippen LogP contribution < -0.4 is 10.5 Å². The first-order valence-electron chi connectivity index (χ1n) is 5.31. The number of pyridine rings is 2. The molecule has 100 valence electrons. The Balaban J connectivity index is 2.30. The molecular formula is C11H11BrN4O2S. The van der Waals surface area contributed by atoms with E-state index >= 15 is 0 Å². The SMILES string of the molecule is NCc1ccc(S(=O)(=O)Nc2ncccc2Br)nc1. The zero-order valence-corrected chi connectivity index (χ0v) is 12.1. The van der Waals surface area contributed by atoms with E-state index in [1.165, 1.54) is 18.5 Å². The van der Waals surface area contributed by atoms with Gasteiger partial charge in [0.25, 0.3) is 10.0 Å². The van der Waals surface area contributed by atoms with Gasteiger partial charge in [-0.05, 0) is 39.7 Å². The maximum absolute atomic E-state index is 12.1. The van der Waals surface area contributed by atoms with Crippen LogP contribution in [0.15, 0.2) is 46.2 Å². The molecule has 0 radical (unpaired) electrons. The number of rotatable bonds is 4. The minimum Gasteiger partial charge on any atom is -0.326 e. The first kappa shape index (κ1) is 13.9. The van der Waals surface area contributed by atoms with E-state index in [1.807, 2.05) is 0 Å². The molecule has 0 aliphatic heterocycles. The summed E-state index contributed by atoms with van der Waals surface area (Å²) in [5.41, 5.74) is 6.19. The number of hydrogen-bond donors (Lipinski definition) is 2. The van der Waals surface area contributed by atoms with E-state index in [0.717, 1.165) is 5.56 Å². The predicted octanol–water partition coefficient (Wildman–Crippen LogP) is 1.50. The van der Waals surface area contributed by atoms with Crippen molar-refractivity contribution >= 4 is 31.8 Å². The number of anilines is 1. The van der Waals surface area contributed by atoms with Crippen LogP contribution in [0.1, 0.15) is 5.56 Å². The Morgan fingerprint density at radius 1 is 1.26 bits per heavy atom. The Labute approximate surface area is 119 Å². The highest BCUT2D eigenvalue weighted by atomic mass is 79.9. The lowest BCUT2D eigenvalue weighted by Crippen LogP contribution is -2.16. The third kappa shape index (κ3) is 3.28. The molecule has 2 heterocycles. The smallest absolute Gasteiger partial charge is 0.280 e. The highest BCUT2D eigenvalue weighted by Gasteiger charge is 2.17. The molecule has 0 spiro atoms. The van der Waals surface area contributed by atoms with Crippen LogP contribution in [0.3, 0.4) is 0 Å². The molecule has 3 N–H and O–H groups in total. The molecule has 0 bridgehead atoms. The van der Waals surface area contributed by atoms with Crippen molar-refractivity contribution in [3.05, 3.63) is 46.7 Å². The molecule has 2 aromatic rings. The molecule has 0 aliphatic carbocycles. The van der Waals surface area contributed by atoms with Crippen LogP contribution in [0.2, 0.25) is 0 Å². The summed E-state index contributed by atoms with van der Waals surface area (Å²) in [4.78, 5) is 7.81. The molecule has 19 heavy (non-hydrogen) atoms. The van der Waals surface area contributed by atoms with E-state index < -0.39 is 10.0 Å². The molecule has 8 heteroatoms. The molecule has 0 saturated carbocycles. The van der Waals surface area contributed by atoms with Crippen molar-refractivity contribution in [3.63, 3.8) is 0 Å². The summed E-state index contributed by atoms with van der Waals surface area (Å²) in [6, 6.07) is 6.41. The summed E-state index contributed by atoms with van der Waals surface area (Å²) in [5, 5.41) is -0.0812. The van der Waals surface area contributed by atoms with E-state index in [0.29, 0.717) is 11.0 Å². The van der Waals surface area contributed by atoms with Gasteiger partial charge in [-0.25, -0.2) is 9.97 Å². The fourth-order valence-electron chi connectivity index (χ4n) is 1.33. The summed E-state index contributed by atoms with van der Waals surface area (Å²) in [5.74, 6) is 0.215. The van der Waals surface area contributed by atoms with Gasteiger partial charge < -0.3 is 5.73 Å². The molecule has 0 aromatic carbocycles. The van der Waals surface area contributed by atoms with Crippen molar-refractivity contribution in [1.29, 1.82) is 0 Å². The average Bonchev–Trinajstić information content (AvgIpc) is 2.41. The molecule has 0 unspecified atom stereocenters. The van der Waals surface area contributed by atoms with Gasteiger partial charge >= 0.3 is 0 Å². The first-order valence-corrected chi connectivity index (χ1v) is 7.59. The highest BCUT2D eigenvalue weighted by Crippen LogP contribution is 2.21. The lowest BCUT2D eigenvalue weighted by Gasteiger charge is -2.08. The molecule has 2 rings (SSSR count). The topological polar surface area (TPSA) is 98.0 Å². The summed E-state index contributed by atoms with van der Waals surface area (Å²) in [7, 11) is -3.76. The molecule has 6 nitrogen and oxygen atoms in total. The fraction of sp³-hybridized carbons (Fsp3) is 0.0909. The third-order valence-corrected chi connectivity index (χ3v) is 4.19. The molecule has 2 aromatic heterocycles. The van der Waals surface area contributed by atoms with Gasteiger partial charge in [0.05, 0.1) is 4.47 Å². The second-order valence-corrected chi connectivity index (χ2v) is 6.13. The van der Waals surface area contributed by atoms with Crippen molar-refractivity contribution in [3.8, 4) is 0 Å². The van der Waals surface area contributed by atoms with Gasteiger partial charge in [-0.2, -0.15) is 8.42 Å². The van der Waals surface area contributed by atoms with Crippen LogP contribution in [-0.4, -0.2) is 18.4 Å². The van der Waals surface area contributed by atoms with E-state index in [4.69, 9.17) is 5.73 Å². The molecule has 0 amide bonds. The summed E-state index contributed by atoms with van der Waals surface area (Å²) in [6.07, 6.45) is 2.93. The molecule has 0 atom stereocenters. The van der Waals surface area contributed by atoms with Gasteiger partial charge in [0.1, 0.15) is 0 Å². The standard InChI is InChI=1S/C11H11BrN4O2S/c12-9-2-1-5-14-11(9)16-19(17,18)10-4-3-8(6-13)7-15-10/h1-5,7H,6,13H2,(H,14,16). The van der Waals surface area contributed by atoms with Crippen LogP contribution in [0.4, 0.5) is 5.82 Å². The number of nitrogens with two attached hydrogens (primary N) is 1. The summed E-state index contributed by atoms with van der Waals surface area (Å²) < 4.78 is 27.1. The summed E-state index contributed by atoms with van der Waals surface area (Å²) >= 11 is 3.22. The maximum atomic E-state index is 12.1. The molecular weight excluding hydrogens is 332 g/mol. The number of aromatic nitrogens is 2. The number of sulfonamides is 1. The van der Waals surface area contributed by atoms with Crippen molar-refractivity contribution in [2.24, 2.45) is 5.73 Å². The summed E-state index contributed by atoms with van der Waals surface area (Å²) in [6.45, 7) is 0.312. The maximum Gasteiger partial charge on any atom is 0.280 e. The number of halogens is 1. The van der Waals surface area contributed by atoms with Crippen molar-refractivity contribution in [2.45, 2.75) is 11.6 Å². The van der Waals surface area contributed by atoms with Crippen molar-refractivity contribution in [1.82, 2.24) is 9.97 Å². The predicted molar refractivity (Wildman–Crippen MR) is 74.9 cm³/mol. The number of nitrogens with one attached hydrogen (secondary N) is 1. The second-order valence-electron chi connectivity index (χ2n) is 3.65. The van der Waals surface area contributed by atoms with Crippen molar-refractivity contribution in [2.75, 3.05) is 4.72 Å². The van der Waals surface area contributed by atoms with Crippen LogP contribution in [0.25, 0.3) is 0 Å². The van der Waals surface area contributed by atoms with E-state index in [9.17, 15) is 8.42 Å². The Bertz CT molecular complexity index is 673. The monoisotopic (exact) mass is 342 g/mol. The molecule has 0 saturated heterocycles. The Hall–Kier alpha value is -1.51. The van der Waals surface area contributed by atoms with E-state index in [1.54, 1.807) is 18.2 Å². The Morgan fingerprint density at radius 3 is 2.63 bits per heavy atom.